The molecule has 0 bridgehead atoms. The number of furan rings is 1. The number of nitrogens with one attached hydrogen (secondary N) is 2. The minimum Gasteiger partial charge on any atom is -0.459 e. The quantitative estimate of drug-likeness (QED) is 0.781. The van der Waals surface area contributed by atoms with Crippen LogP contribution in [0.2, 0.25) is 0 Å². The molecule has 0 unspecified atom stereocenters. The zero-order chi connectivity index (χ0) is 20.2. The standard InChI is InChI=1S/C22H25N3O4/c26-20(23-16-7-2-1-3-8-16)21(27)24-17-10-11-18-15(14-17)6-4-12-25(18)22(28)19-9-5-13-29-19/h5,9-11,13-14,16H,1-4,6-8,12H2,(H,23,26)(H,24,27). The Hall–Kier alpha value is -3.09. The highest BCUT2D eigenvalue weighted by Gasteiger charge is 2.26. The van der Waals surface area contributed by atoms with E-state index in [1.807, 2.05) is 12.1 Å². The Bertz CT molecular complexity index is 901. The van der Waals surface area contributed by atoms with Gasteiger partial charge in [-0.1, -0.05) is 19.3 Å². The molecule has 3 amide bonds. The molecule has 29 heavy (non-hydrogen) atoms. The van der Waals surface area contributed by atoms with Gasteiger partial charge in [-0.3, -0.25) is 14.4 Å². The van der Waals surface area contributed by atoms with E-state index in [0.29, 0.717) is 18.0 Å². The van der Waals surface area contributed by atoms with Crippen LogP contribution in [0.4, 0.5) is 11.4 Å². The fraction of sp³-hybridized carbons (Fsp3) is 0.409. The van der Waals surface area contributed by atoms with Gasteiger partial charge >= 0.3 is 11.8 Å². The van der Waals surface area contributed by atoms with E-state index in [-0.39, 0.29) is 11.9 Å². The van der Waals surface area contributed by atoms with Crippen LogP contribution in [-0.4, -0.2) is 30.3 Å². The van der Waals surface area contributed by atoms with Crippen LogP contribution >= 0.6 is 0 Å². The molecule has 7 nitrogen and oxygen atoms in total. The summed E-state index contributed by atoms with van der Waals surface area (Å²) >= 11 is 0. The molecule has 1 fully saturated rings. The number of aryl methyl sites for hydroxylation is 1. The van der Waals surface area contributed by atoms with Gasteiger partial charge in [0.15, 0.2) is 5.76 Å². The number of amides is 3. The highest BCUT2D eigenvalue weighted by Crippen LogP contribution is 2.31. The van der Waals surface area contributed by atoms with Crippen molar-refractivity contribution in [2.45, 2.75) is 51.0 Å². The predicted molar refractivity (Wildman–Crippen MR) is 109 cm³/mol. The lowest BCUT2D eigenvalue weighted by Crippen LogP contribution is -2.42. The molecule has 1 aromatic carbocycles. The Morgan fingerprint density at radius 3 is 2.59 bits per heavy atom. The van der Waals surface area contributed by atoms with E-state index in [1.165, 1.54) is 12.7 Å². The van der Waals surface area contributed by atoms with Crippen LogP contribution in [0.5, 0.6) is 0 Å². The molecule has 1 aliphatic carbocycles. The summed E-state index contributed by atoms with van der Waals surface area (Å²) in [6, 6.07) is 8.79. The Kier molecular flexibility index (Phi) is 5.64. The average molecular weight is 395 g/mol. The molecule has 1 aliphatic heterocycles. The van der Waals surface area contributed by atoms with Crippen molar-refractivity contribution in [1.82, 2.24) is 5.32 Å². The summed E-state index contributed by atoms with van der Waals surface area (Å²) in [6.45, 7) is 0.613. The van der Waals surface area contributed by atoms with Crippen molar-refractivity contribution in [2.75, 3.05) is 16.8 Å². The van der Waals surface area contributed by atoms with Crippen molar-refractivity contribution < 1.29 is 18.8 Å². The second-order valence-electron chi connectivity index (χ2n) is 7.64. The maximum absolute atomic E-state index is 12.7. The van der Waals surface area contributed by atoms with E-state index in [2.05, 4.69) is 10.6 Å². The molecule has 2 aromatic rings. The van der Waals surface area contributed by atoms with Crippen LogP contribution in [0, 0.1) is 0 Å². The van der Waals surface area contributed by atoms with Gasteiger partial charge in [-0.25, -0.2) is 0 Å². The SMILES string of the molecule is O=C(Nc1ccc2c(c1)CCCN2C(=O)c1ccco1)C(=O)NC1CCCCC1. The summed E-state index contributed by atoms with van der Waals surface area (Å²) in [5.74, 6) is -1.13. The number of hydrogen-bond donors (Lipinski definition) is 2. The van der Waals surface area contributed by atoms with Crippen LogP contribution in [0.25, 0.3) is 0 Å². The number of carbonyl (C=O) groups excluding carboxylic acids is 3. The number of fused-ring (bicyclic) bond motifs is 1. The molecule has 2 N–H and O–H groups in total. The molecule has 7 heteroatoms. The molecular weight excluding hydrogens is 370 g/mol. The van der Waals surface area contributed by atoms with Crippen molar-refractivity contribution in [2.24, 2.45) is 0 Å². The first-order valence-corrected chi connectivity index (χ1v) is 10.2. The van der Waals surface area contributed by atoms with E-state index >= 15 is 0 Å². The van der Waals surface area contributed by atoms with Crippen molar-refractivity contribution in [3.05, 3.63) is 47.9 Å². The third-order valence-electron chi connectivity index (χ3n) is 5.58. The first-order chi connectivity index (χ1) is 14.1. The van der Waals surface area contributed by atoms with Gasteiger partial charge in [0.25, 0.3) is 5.91 Å². The highest BCUT2D eigenvalue weighted by molar-refractivity contribution is 6.39. The number of hydrogen-bond acceptors (Lipinski definition) is 4. The fourth-order valence-corrected chi connectivity index (χ4v) is 4.10. The number of carbonyl (C=O) groups is 3. The Labute approximate surface area is 169 Å². The minimum atomic E-state index is -0.658. The molecule has 4 rings (SSSR count). The molecule has 1 aromatic heterocycles. The third-order valence-corrected chi connectivity index (χ3v) is 5.58. The molecule has 0 saturated heterocycles. The lowest BCUT2D eigenvalue weighted by Gasteiger charge is -2.29. The van der Waals surface area contributed by atoms with Gasteiger partial charge in [0.05, 0.1) is 6.26 Å². The predicted octanol–water partition coefficient (Wildman–Crippen LogP) is 3.26. The van der Waals surface area contributed by atoms with Gasteiger partial charge in [0, 0.05) is 24.0 Å². The molecule has 2 aliphatic rings. The van der Waals surface area contributed by atoms with Gasteiger partial charge in [0.2, 0.25) is 0 Å². The topological polar surface area (TPSA) is 91.7 Å². The average Bonchev–Trinajstić information content (AvgIpc) is 3.28. The summed E-state index contributed by atoms with van der Waals surface area (Å²) in [7, 11) is 0. The maximum atomic E-state index is 12.7. The lowest BCUT2D eigenvalue weighted by molar-refractivity contribution is -0.136. The van der Waals surface area contributed by atoms with Crippen LogP contribution in [0.1, 0.15) is 54.6 Å². The first kappa shape index (κ1) is 19.2. The van der Waals surface area contributed by atoms with E-state index < -0.39 is 11.8 Å². The molecule has 152 valence electrons. The zero-order valence-corrected chi connectivity index (χ0v) is 16.3. The third kappa shape index (κ3) is 4.34. The molecule has 2 heterocycles. The van der Waals surface area contributed by atoms with Gasteiger partial charge in [0.1, 0.15) is 0 Å². The molecule has 0 atom stereocenters. The summed E-state index contributed by atoms with van der Waals surface area (Å²) in [5.41, 5.74) is 2.32. The Morgan fingerprint density at radius 2 is 1.83 bits per heavy atom. The van der Waals surface area contributed by atoms with Gasteiger partial charge in [-0.15, -0.1) is 0 Å². The Morgan fingerprint density at radius 1 is 1.00 bits per heavy atom. The molecular formula is C22H25N3O4. The summed E-state index contributed by atoms with van der Waals surface area (Å²) in [6.07, 6.45) is 8.32. The van der Waals surface area contributed by atoms with Crippen molar-refractivity contribution in [3.63, 3.8) is 0 Å². The van der Waals surface area contributed by atoms with Crippen molar-refractivity contribution >= 4 is 29.1 Å². The fourth-order valence-electron chi connectivity index (χ4n) is 4.10. The van der Waals surface area contributed by atoms with Gasteiger partial charge in [-0.2, -0.15) is 0 Å². The molecule has 1 saturated carbocycles. The van der Waals surface area contributed by atoms with Crippen LogP contribution in [0.3, 0.4) is 0 Å². The highest BCUT2D eigenvalue weighted by atomic mass is 16.3. The van der Waals surface area contributed by atoms with Gasteiger partial charge in [-0.05, 0) is 61.6 Å². The largest absolute Gasteiger partial charge is 0.459 e. The van der Waals surface area contributed by atoms with E-state index in [0.717, 1.165) is 49.8 Å². The summed E-state index contributed by atoms with van der Waals surface area (Å²) in [5, 5.41) is 5.50. The Balaban J connectivity index is 1.43. The second-order valence-corrected chi connectivity index (χ2v) is 7.64. The monoisotopic (exact) mass is 395 g/mol. The first-order valence-electron chi connectivity index (χ1n) is 10.2. The molecule has 0 spiro atoms. The van der Waals surface area contributed by atoms with E-state index in [9.17, 15) is 14.4 Å². The summed E-state index contributed by atoms with van der Waals surface area (Å²) in [4.78, 5) is 38.8. The van der Waals surface area contributed by atoms with Crippen LogP contribution in [-0.2, 0) is 16.0 Å². The van der Waals surface area contributed by atoms with Crippen LogP contribution < -0.4 is 15.5 Å². The second kappa shape index (κ2) is 8.51. The number of nitrogens with zero attached hydrogens (tertiary/aromatic N) is 1. The lowest BCUT2D eigenvalue weighted by atomic mass is 9.95. The zero-order valence-electron chi connectivity index (χ0n) is 16.3. The van der Waals surface area contributed by atoms with Crippen molar-refractivity contribution in [1.29, 1.82) is 0 Å². The minimum absolute atomic E-state index is 0.0895. The van der Waals surface area contributed by atoms with Crippen LogP contribution in [0.15, 0.2) is 41.0 Å². The van der Waals surface area contributed by atoms with Crippen molar-refractivity contribution in [3.8, 4) is 0 Å². The molecule has 0 radical (unpaired) electrons. The number of rotatable bonds is 3. The maximum Gasteiger partial charge on any atom is 0.313 e. The summed E-state index contributed by atoms with van der Waals surface area (Å²) < 4.78 is 5.24. The normalized spacial score (nSPS) is 16.8. The number of anilines is 2. The smallest absolute Gasteiger partial charge is 0.313 e. The van der Waals surface area contributed by atoms with Gasteiger partial charge < -0.3 is 20.0 Å². The van der Waals surface area contributed by atoms with E-state index in [4.69, 9.17) is 4.42 Å². The number of benzene rings is 1. The van der Waals surface area contributed by atoms with E-state index in [1.54, 1.807) is 23.1 Å².